The smallest absolute Gasteiger partial charge is 0.251 e. The van der Waals surface area contributed by atoms with Gasteiger partial charge in [-0.25, -0.2) is 0 Å². The number of carbonyl (C=O) groups is 1. The fourth-order valence-corrected chi connectivity index (χ4v) is 2.89. The van der Waals surface area contributed by atoms with E-state index in [2.05, 4.69) is 27.9 Å². The molecule has 1 unspecified atom stereocenters. The molecule has 0 saturated carbocycles. The van der Waals surface area contributed by atoms with E-state index in [1.165, 1.54) is 0 Å². The molecule has 0 aliphatic heterocycles. The summed E-state index contributed by atoms with van der Waals surface area (Å²) < 4.78 is 0. The second kappa shape index (κ2) is 12.6. The van der Waals surface area contributed by atoms with Crippen LogP contribution in [0.1, 0.15) is 41.4 Å². The summed E-state index contributed by atoms with van der Waals surface area (Å²) in [6.07, 6.45) is 0.757. The van der Waals surface area contributed by atoms with Gasteiger partial charge in [0, 0.05) is 30.7 Å². The quantitative estimate of drug-likeness (QED) is 0.295. The molecule has 5 nitrogen and oxygen atoms in total. The van der Waals surface area contributed by atoms with Gasteiger partial charge in [-0.05, 0) is 55.7 Å². The van der Waals surface area contributed by atoms with Crippen LogP contribution in [0.3, 0.4) is 0 Å². The molecule has 0 aromatic heterocycles. The van der Waals surface area contributed by atoms with Gasteiger partial charge < -0.3 is 16.0 Å². The van der Waals surface area contributed by atoms with Gasteiger partial charge >= 0.3 is 0 Å². The van der Waals surface area contributed by atoms with Gasteiger partial charge in [0.2, 0.25) is 0 Å². The molecule has 7 heteroatoms. The monoisotopic (exact) mass is 514 g/mol. The number of benzene rings is 2. The number of halogens is 2. The molecule has 0 fully saturated rings. The summed E-state index contributed by atoms with van der Waals surface area (Å²) >= 11 is 6.08. The maximum atomic E-state index is 11.7. The Bertz CT molecular complexity index is 797. The molecule has 152 valence electrons. The maximum Gasteiger partial charge on any atom is 0.251 e. The van der Waals surface area contributed by atoms with Crippen molar-refractivity contribution in [3.8, 4) is 0 Å². The molecule has 0 aliphatic carbocycles. The standard InChI is InChI=1S/C21H27ClN4O.HI/c1-4-24-21(26-15(2)17-8-6-10-19(22)14-17)25-12-11-16-7-5-9-18(13-16)20(27)23-3;/h5-10,13-15H,4,11-12H2,1-3H3,(H,23,27)(H2,24,25,26);1H. The number of hydrogen-bond acceptors (Lipinski definition) is 2. The average Bonchev–Trinajstić information content (AvgIpc) is 2.67. The maximum absolute atomic E-state index is 11.7. The highest BCUT2D eigenvalue weighted by atomic mass is 127. The fourth-order valence-electron chi connectivity index (χ4n) is 2.69. The van der Waals surface area contributed by atoms with Crippen molar-refractivity contribution < 1.29 is 4.79 Å². The molecular weight excluding hydrogens is 487 g/mol. The van der Waals surface area contributed by atoms with Crippen molar-refractivity contribution in [3.63, 3.8) is 0 Å². The Balaban J connectivity index is 0.00000392. The van der Waals surface area contributed by atoms with Crippen LogP contribution in [0.2, 0.25) is 5.02 Å². The zero-order valence-electron chi connectivity index (χ0n) is 16.5. The third-order valence-corrected chi connectivity index (χ3v) is 4.37. The zero-order valence-corrected chi connectivity index (χ0v) is 19.5. The molecule has 2 rings (SSSR count). The molecule has 0 heterocycles. The summed E-state index contributed by atoms with van der Waals surface area (Å²) in [7, 11) is 1.63. The van der Waals surface area contributed by atoms with Crippen molar-refractivity contribution in [3.05, 3.63) is 70.2 Å². The second-order valence-corrected chi connectivity index (χ2v) is 6.65. The van der Waals surface area contributed by atoms with Crippen LogP contribution < -0.4 is 16.0 Å². The number of aliphatic imine (C=N–C) groups is 1. The number of rotatable bonds is 7. The second-order valence-electron chi connectivity index (χ2n) is 6.21. The predicted octanol–water partition coefficient (Wildman–Crippen LogP) is 4.18. The first-order chi connectivity index (χ1) is 13.0. The van der Waals surface area contributed by atoms with Crippen molar-refractivity contribution in [1.29, 1.82) is 0 Å². The highest BCUT2D eigenvalue weighted by Crippen LogP contribution is 2.17. The molecule has 28 heavy (non-hydrogen) atoms. The van der Waals surface area contributed by atoms with Crippen LogP contribution in [-0.4, -0.2) is 32.0 Å². The van der Waals surface area contributed by atoms with Crippen LogP contribution in [0.15, 0.2) is 53.5 Å². The molecule has 2 aromatic rings. The molecule has 0 bridgehead atoms. The van der Waals surface area contributed by atoms with Gasteiger partial charge in [-0.1, -0.05) is 35.9 Å². The Kier molecular flexibility index (Phi) is 10.9. The zero-order chi connectivity index (χ0) is 19.6. The van der Waals surface area contributed by atoms with Crippen LogP contribution >= 0.6 is 35.6 Å². The number of guanidine groups is 1. The number of amides is 1. The number of hydrogen-bond donors (Lipinski definition) is 3. The third-order valence-electron chi connectivity index (χ3n) is 4.13. The van der Waals surface area contributed by atoms with Crippen LogP contribution in [0.4, 0.5) is 0 Å². The molecule has 0 spiro atoms. The summed E-state index contributed by atoms with van der Waals surface area (Å²) in [5.74, 6) is 0.679. The summed E-state index contributed by atoms with van der Waals surface area (Å²) in [4.78, 5) is 16.4. The van der Waals surface area contributed by atoms with E-state index in [1.807, 2.05) is 55.5 Å². The Morgan fingerprint density at radius 1 is 1.18 bits per heavy atom. The van der Waals surface area contributed by atoms with E-state index < -0.39 is 0 Å². The molecule has 1 amide bonds. The molecule has 0 radical (unpaired) electrons. The Morgan fingerprint density at radius 3 is 2.61 bits per heavy atom. The first-order valence-electron chi connectivity index (χ1n) is 9.14. The lowest BCUT2D eigenvalue weighted by Gasteiger charge is -2.18. The summed E-state index contributed by atoms with van der Waals surface area (Å²) in [5.41, 5.74) is 2.85. The van der Waals surface area contributed by atoms with E-state index in [9.17, 15) is 4.79 Å². The van der Waals surface area contributed by atoms with Gasteiger partial charge in [0.15, 0.2) is 5.96 Å². The van der Waals surface area contributed by atoms with Gasteiger partial charge in [0.25, 0.3) is 5.91 Å². The average molecular weight is 515 g/mol. The largest absolute Gasteiger partial charge is 0.357 e. The van der Waals surface area contributed by atoms with Crippen molar-refractivity contribution in [2.75, 3.05) is 20.1 Å². The van der Waals surface area contributed by atoms with Gasteiger partial charge in [0.05, 0.1) is 6.04 Å². The highest BCUT2D eigenvalue weighted by molar-refractivity contribution is 14.0. The van der Waals surface area contributed by atoms with Crippen molar-refractivity contribution in [2.24, 2.45) is 4.99 Å². The Hall–Kier alpha value is -1.80. The minimum absolute atomic E-state index is 0. The molecule has 1 atom stereocenters. The van der Waals surface area contributed by atoms with Gasteiger partial charge in [-0.3, -0.25) is 9.79 Å². The van der Waals surface area contributed by atoms with Crippen molar-refractivity contribution >= 4 is 47.4 Å². The van der Waals surface area contributed by atoms with Gasteiger partial charge in [0.1, 0.15) is 0 Å². The molecule has 3 N–H and O–H groups in total. The topological polar surface area (TPSA) is 65.5 Å². The predicted molar refractivity (Wildman–Crippen MR) is 128 cm³/mol. The van der Waals surface area contributed by atoms with E-state index in [4.69, 9.17) is 11.6 Å². The summed E-state index contributed by atoms with van der Waals surface area (Å²) in [6, 6.07) is 15.5. The van der Waals surface area contributed by atoms with Gasteiger partial charge in [-0.2, -0.15) is 0 Å². The van der Waals surface area contributed by atoms with Crippen LogP contribution in [0.25, 0.3) is 0 Å². The summed E-state index contributed by atoms with van der Waals surface area (Å²) in [5, 5.41) is 10.0. The van der Waals surface area contributed by atoms with Crippen molar-refractivity contribution in [1.82, 2.24) is 16.0 Å². The van der Waals surface area contributed by atoms with E-state index in [1.54, 1.807) is 7.05 Å². The Morgan fingerprint density at radius 2 is 1.93 bits per heavy atom. The van der Waals surface area contributed by atoms with Gasteiger partial charge in [-0.15, -0.1) is 24.0 Å². The molecule has 2 aromatic carbocycles. The van der Waals surface area contributed by atoms with E-state index in [-0.39, 0.29) is 35.9 Å². The van der Waals surface area contributed by atoms with Crippen molar-refractivity contribution in [2.45, 2.75) is 26.3 Å². The van der Waals surface area contributed by atoms with E-state index >= 15 is 0 Å². The van der Waals surface area contributed by atoms with Crippen LogP contribution in [0, 0.1) is 0 Å². The minimum atomic E-state index is -0.0781. The molecule has 0 aliphatic rings. The molecular formula is C21H28ClIN4O. The first kappa shape index (κ1) is 24.2. The lowest BCUT2D eigenvalue weighted by atomic mass is 10.1. The fraction of sp³-hybridized carbons (Fsp3) is 0.333. The lowest BCUT2D eigenvalue weighted by Crippen LogP contribution is -2.38. The number of nitrogens with zero attached hydrogens (tertiary/aromatic N) is 1. The Labute approximate surface area is 189 Å². The van der Waals surface area contributed by atoms with E-state index in [0.717, 1.165) is 35.1 Å². The number of carbonyl (C=O) groups excluding carboxylic acids is 1. The lowest BCUT2D eigenvalue weighted by molar-refractivity contribution is 0.0963. The van der Waals surface area contributed by atoms with Crippen LogP contribution in [-0.2, 0) is 6.42 Å². The third kappa shape index (κ3) is 7.67. The highest BCUT2D eigenvalue weighted by Gasteiger charge is 2.08. The first-order valence-corrected chi connectivity index (χ1v) is 9.52. The summed E-state index contributed by atoms with van der Waals surface area (Å²) in [6.45, 7) is 5.51. The van der Waals surface area contributed by atoms with Crippen LogP contribution in [0.5, 0.6) is 0 Å². The minimum Gasteiger partial charge on any atom is -0.357 e. The number of nitrogens with one attached hydrogen (secondary N) is 3. The SMILES string of the molecule is CCNC(=NCCc1cccc(C(=O)NC)c1)NC(C)c1cccc(Cl)c1.I. The normalized spacial score (nSPS) is 11.9. The van der Waals surface area contributed by atoms with E-state index in [0.29, 0.717) is 12.1 Å². The molecule has 0 saturated heterocycles.